The van der Waals surface area contributed by atoms with E-state index in [0.29, 0.717) is 0 Å². The van der Waals surface area contributed by atoms with Gasteiger partial charge in [-0.05, 0) is 0 Å². The van der Waals surface area contributed by atoms with E-state index in [4.69, 9.17) is 5.53 Å². The molecule has 0 atom stereocenters. The molecule has 0 saturated heterocycles. The second kappa shape index (κ2) is 5.33. The van der Waals surface area contributed by atoms with Gasteiger partial charge in [0.05, 0.1) is 7.11 Å². The number of rotatable bonds is 4. The summed E-state index contributed by atoms with van der Waals surface area (Å²) in [5.41, 5.74) is 7.99. The molecule has 6 heteroatoms. The van der Waals surface area contributed by atoms with Crippen molar-refractivity contribution in [1.82, 2.24) is 0 Å². The van der Waals surface area contributed by atoms with E-state index in [-0.39, 0.29) is 6.54 Å². The lowest BCUT2D eigenvalue weighted by molar-refractivity contribution is -0.470. The minimum absolute atomic E-state index is 0.350. The van der Waals surface area contributed by atoms with E-state index in [0.717, 1.165) is 0 Å². The Labute approximate surface area is 63.0 Å². The first kappa shape index (κ1) is 9.54. The van der Waals surface area contributed by atoms with Gasteiger partial charge in [-0.25, -0.2) is 9.59 Å². The van der Waals surface area contributed by atoms with Crippen LogP contribution in [0.2, 0.25) is 0 Å². The molecule has 62 valence electrons. The van der Waals surface area contributed by atoms with Gasteiger partial charge in [-0.3, -0.25) is 0 Å². The minimum Gasteiger partial charge on any atom is -0.508 e. The number of methoxy groups -OCH3 is 1. The molecule has 0 unspecified atom stereocenters. The number of nitrogens with zero attached hydrogens (tertiary/aromatic N) is 1. The van der Waals surface area contributed by atoms with Crippen molar-refractivity contribution in [1.29, 1.82) is 0 Å². The average Bonchev–Trinajstić information content (AvgIpc) is 2.01. The maximum Gasteiger partial charge on any atom is 0.371 e. The van der Waals surface area contributed by atoms with Crippen LogP contribution >= 0.6 is 0 Å². The number of carbonyl (C=O) groups is 2. The Bertz CT molecular complexity index is 168. The second-order valence-corrected chi connectivity index (χ2v) is 1.57. The van der Waals surface area contributed by atoms with E-state index in [1.165, 1.54) is 7.11 Å². The molecule has 0 aromatic heterocycles. The molecule has 6 nitrogen and oxygen atoms in total. The fourth-order valence-corrected chi connectivity index (χ4v) is 0.314. The van der Waals surface area contributed by atoms with Crippen LogP contribution in [0.4, 0.5) is 0 Å². The lowest BCUT2D eigenvalue weighted by atomic mass is 10.6. The summed E-state index contributed by atoms with van der Waals surface area (Å²) in [6, 6.07) is 0. The standard InChI is InChI=1S/C5H8N2O4/c1-10-5(9)3-11-4(8)2-7-6/h7H,2-3H2,1H3. The number of ether oxygens (including phenoxy) is 2. The Hall–Kier alpha value is -1.46. The smallest absolute Gasteiger partial charge is 0.371 e. The number of carbonyl (C=O) groups excluding carboxylic acids is 2. The van der Waals surface area contributed by atoms with Crippen LogP contribution in [0.15, 0.2) is 0 Å². The van der Waals surface area contributed by atoms with E-state index < -0.39 is 18.5 Å². The molecule has 0 aliphatic carbocycles. The molecular weight excluding hydrogens is 152 g/mol. The van der Waals surface area contributed by atoms with E-state index in [1.54, 1.807) is 5.11 Å². The van der Waals surface area contributed by atoms with Crippen molar-refractivity contribution >= 4 is 11.9 Å². The van der Waals surface area contributed by atoms with Gasteiger partial charge in [0.15, 0.2) is 6.61 Å². The first-order chi connectivity index (χ1) is 5.20. The zero-order valence-electron chi connectivity index (χ0n) is 5.99. The summed E-state index contributed by atoms with van der Waals surface area (Å²) in [6.07, 6.45) is 0. The molecule has 1 N–H and O–H groups in total. The highest BCUT2D eigenvalue weighted by atomic mass is 16.6. The summed E-state index contributed by atoms with van der Waals surface area (Å²) in [7, 11) is 1.18. The molecular formula is C5H8N2O4. The average molecular weight is 160 g/mol. The summed E-state index contributed by atoms with van der Waals surface area (Å²) < 4.78 is 8.48. The number of nitrogens with one attached hydrogen (secondary N) is 1. The van der Waals surface area contributed by atoms with Crippen LogP contribution in [0.3, 0.4) is 0 Å². The molecule has 11 heavy (non-hydrogen) atoms. The summed E-state index contributed by atoms with van der Waals surface area (Å²) in [5, 5.41) is 1.58. The lowest BCUT2D eigenvalue weighted by Gasteiger charge is -1.98. The normalized spacial score (nSPS) is 8.45. The second-order valence-electron chi connectivity index (χ2n) is 1.57. The Morgan fingerprint density at radius 3 is 2.55 bits per heavy atom. The molecule has 0 heterocycles. The number of hydrogen-bond acceptors (Lipinski definition) is 4. The lowest BCUT2D eigenvalue weighted by Crippen LogP contribution is -2.66. The third-order valence-electron chi connectivity index (χ3n) is 0.802. The maximum absolute atomic E-state index is 10.4. The first-order valence-electron chi connectivity index (χ1n) is 2.80. The summed E-state index contributed by atoms with van der Waals surface area (Å²) in [4.78, 5) is 20.7. The topological polar surface area (TPSA) is 88.9 Å². The third-order valence-corrected chi connectivity index (χ3v) is 0.802. The highest BCUT2D eigenvalue weighted by Crippen LogP contribution is 1.77. The van der Waals surface area contributed by atoms with Crippen LogP contribution < -0.4 is 5.11 Å². The van der Waals surface area contributed by atoms with Crippen molar-refractivity contribution in [3.63, 3.8) is 0 Å². The van der Waals surface area contributed by atoms with Crippen LogP contribution in [0.1, 0.15) is 0 Å². The third kappa shape index (κ3) is 5.01. The molecule has 0 aliphatic heterocycles. The first-order valence-corrected chi connectivity index (χ1v) is 2.80. The molecule has 0 saturated carbocycles. The van der Waals surface area contributed by atoms with Crippen molar-refractivity contribution in [2.45, 2.75) is 0 Å². The molecule has 0 aliphatic rings. The molecule has 0 aromatic rings. The molecule has 0 bridgehead atoms. The zero-order chi connectivity index (χ0) is 8.69. The molecule has 0 amide bonds. The van der Waals surface area contributed by atoms with Crippen LogP contribution in [0.25, 0.3) is 5.53 Å². The predicted octanol–water partition coefficient (Wildman–Crippen LogP) is -2.20. The van der Waals surface area contributed by atoms with Gasteiger partial charge in [-0.2, -0.15) is 0 Å². The van der Waals surface area contributed by atoms with Gasteiger partial charge in [0.25, 0.3) is 0 Å². The highest BCUT2D eigenvalue weighted by molar-refractivity contribution is 5.76. The quantitative estimate of drug-likeness (QED) is 0.373. The summed E-state index contributed by atoms with van der Waals surface area (Å²) in [6.45, 7) is -0.784. The molecule has 0 aromatic carbocycles. The molecule has 0 fully saturated rings. The Balaban J connectivity index is 3.45. The van der Waals surface area contributed by atoms with E-state index in [1.807, 2.05) is 0 Å². The van der Waals surface area contributed by atoms with Gasteiger partial charge in [0.2, 0.25) is 6.54 Å². The summed E-state index contributed by atoms with van der Waals surface area (Å²) in [5.74, 6) is -1.37. The van der Waals surface area contributed by atoms with Crippen LogP contribution in [-0.2, 0) is 19.1 Å². The van der Waals surface area contributed by atoms with Gasteiger partial charge in [0.1, 0.15) is 0 Å². The Morgan fingerprint density at radius 2 is 2.09 bits per heavy atom. The van der Waals surface area contributed by atoms with Gasteiger partial charge >= 0.3 is 11.9 Å². The van der Waals surface area contributed by atoms with Crippen LogP contribution in [0, 0.1) is 0 Å². The maximum atomic E-state index is 10.4. The van der Waals surface area contributed by atoms with E-state index >= 15 is 0 Å². The van der Waals surface area contributed by atoms with Crippen molar-refractivity contribution in [2.24, 2.45) is 0 Å². The van der Waals surface area contributed by atoms with Gasteiger partial charge < -0.3 is 20.1 Å². The van der Waals surface area contributed by atoms with Crippen molar-refractivity contribution in [3.8, 4) is 0 Å². The number of hydrogen-bond donors (Lipinski definition) is 1. The monoisotopic (exact) mass is 160 g/mol. The fourth-order valence-electron chi connectivity index (χ4n) is 0.314. The Kier molecular flexibility index (Phi) is 4.63. The largest absolute Gasteiger partial charge is 0.508 e. The summed E-state index contributed by atoms with van der Waals surface area (Å²) >= 11 is 0. The van der Waals surface area contributed by atoms with E-state index in [2.05, 4.69) is 9.47 Å². The zero-order valence-corrected chi connectivity index (χ0v) is 5.99. The van der Waals surface area contributed by atoms with Crippen molar-refractivity contribution < 1.29 is 24.2 Å². The van der Waals surface area contributed by atoms with Crippen molar-refractivity contribution in [3.05, 3.63) is 5.53 Å². The van der Waals surface area contributed by atoms with Crippen molar-refractivity contribution in [2.75, 3.05) is 20.3 Å². The molecule has 0 radical (unpaired) electrons. The fraction of sp³-hybridized carbons (Fsp3) is 0.600. The predicted molar refractivity (Wildman–Crippen MR) is 32.2 cm³/mol. The SMILES string of the molecule is COC(=O)COC(=O)C[NH+]=[N-]. The van der Waals surface area contributed by atoms with Crippen LogP contribution in [-0.4, -0.2) is 32.2 Å². The van der Waals surface area contributed by atoms with Crippen LogP contribution in [0.5, 0.6) is 0 Å². The molecule has 0 spiro atoms. The van der Waals surface area contributed by atoms with Gasteiger partial charge in [0, 0.05) is 0 Å². The minimum atomic E-state index is -0.724. The highest BCUT2D eigenvalue weighted by Gasteiger charge is 2.06. The molecule has 0 rings (SSSR count). The van der Waals surface area contributed by atoms with E-state index in [9.17, 15) is 9.59 Å². The van der Waals surface area contributed by atoms with Gasteiger partial charge in [-0.1, -0.05) is 0 Å². The Morgan fingerprint density at radius 1 is 1.45 bits per heavy atom. The number of esters is 2. The van der Waals surface area contributed by atoms with Gasteiger partial charge in [-0.15, -0.1) is 0 Å².